The first kappa shape index (κ1) is 16.7. The van der Waals surface area contributed by atoms with Gasteiger partial charge in [-0.05, 0) is 27.3 Å². The molecule has 21 heavy (non-hydrogen) atoms. The van der Waals surface area contributed by atoms with E-state index < -0.39 is 0 Å². The van der Waals surface area contributed by atoms with E-state index in [1.807, 2.05) is 11.3 Å². The maximum Gasteiger partial charge on any atom is 0.185 e. The van der Waals surface area contributed by atoms with Gasteiger partial charge in [0.15, 0.2) is 5.13 Å². The van der Waals surface area contributed by atoms with Gasteiger partial charge in [-0.1, -0.05) is 20.8 Å². The predicted octanol–water partition coefficient (Wildman–Crippen LogP) is 2.73. The molecule has 2 atom stereocenters. The highest BCUT2D eigenvalue weighted by Gasteiger charge is 2.28. The average molecular weight is 311 g/mol. The molecular formula is C16H30N4S. The standard InChI is InChI=1S/C16H30N4S/c1-7-14-15(8-17-11(2)3)21-16(18-14)20-9-12(4)19(6)13(5)10-20/h11-13,17H,7-10H2,1-6H3. The van der Waals surface area contributed by atoms with Gasteiger partial charge in [0, 0.05) is 42.6 Å². The molecule has 1 fully saturated rings. The van der Waals surface area contributed by atoms with Gasteiger partial charge >= 0.3 is 0 Å². The van der Waals surface area contributed by atoms with Gasteiger partial charge in [0.2, 0.25) is 0 Å². The van der Waals surface area contributed by atoms with Crippen LogP contribution in [-0.2, 0) is 13.0 Å². The molecule has 0 aliphatic carbocycles. The zero-order valence-corrected chi connectivity index (χ0v) is 15.1. The molecule has 1 aromatic heterocycles. The normalized spacial score (nSPS) is 24.0. The third kappa shape index (κ3) is 3.96. The van der Waals surface area contributed by atoms with E-state index in [0.717, 1.165) is 26.1 Å². The van der Waals surface area contributed by atoms with Gasteiger partial charge in [-0.3, -0.25) is 4.90 Å². The van der Waals surface area contributed by atoms with Crippen molar-refractivity contribution in [3.63, 3.8) is 0 Å². The molecule has 1 aliphatic rings. The second kappa shape index (κ2) is 7.07. The summed E-state index contributed by atoms with van der Waals surface area (Å²) in [5.74, 6) is 0. The highest BCUT2D eigenvalue weighted by molar-refractivity contribution is 7.15. The third-order valence-electron chi connectivity index (χ3n) is 4.40. The molecule has 0 radical (unpaired) electrons. The first-order chi connectivity index (χ1) is 9.92. The molecule has 2 unspecified atom stereocenters. The summed E-state index contributed by atoms with van der Waals surface area (Å²) < 4.78 is 0. The van der Waals surface area contributed by atoms with Crippen molar-refractivity contribution >= 4 is 16.5 Å². The highest BCUT2D eigenvalue weighted by Crippen LogP contribution is 2.29. The first-order valence-electron chi connectivity index (χ1n) is 8.11. The zero-order valence-electron chi connectivity index (χ0n) is 14.3. The van der Waals surface area contributed by atoms with Crippen LogP contribution in [0, 0.1) is 0 Å². The number of aromatic nitrogens is 1. The van der Waals surface area contributed by atoms with Crippen molar-refractivity contribution in [2.24, 2.45) is 0 Å². The molecule has 0 bridgehead atoms. The van der Waals surface area contributed by atoms with E-state index in [1.54, 1.807) is 0 Å². The van der Waals surface area contributed by atoms with E-state index in [1.165, 1.54) is 15.7 Å². The lowest BCUT2D eigenvalue weighted by Gasteiger charge is -2.42. The molecule has 5 heteroatoms. The lowest BCUT2D eigenvalue weighted by atomic mass is 10.1. The fourth-order valence-corrected chi connectivity index (χ4v) is 3.89. The number of nitrogens with zero attached hydrogens (tertiary/aromatic N) is 3. The number of likely N-dealkylation sites (N-methyl/N-ethyl adjacent to an activating group) is 1. The summed E-state index contributed by atoms with van der Waals surface area (Å²) in [5, 5.41) is 4.73. The zero-order chi connectivity index (χ0) is 15.6. The van der Waals surface area contributed by atoms with E-state index in [9.17, 15) is 0 Å². The second-order valence-electron chi connectivity index (χ2n) is 6.52. The molecule has 2 rings (SSSR count). The van der Waals surface area contributed by atoms with Crippen LogP contribution in [0.1, 0.15) is 45.2 Å². The molecular weight excluding hydrogens is 280 g/mol. The molecule has 1 saturated heterocycles. The van der Waals surface area contributed by atoms with Crippen LogP contribution in [0.5, 0.6) is 0 Å². The summed E-state index contributed by atoms with van der Waals surface area (Å²) in [5.41, 5.74) is 1.27. The van der Waals surface area contributed by atoms with Crippen LogP contribution >= 0.6 is 11.3 Å². The largest absolute Gasteiger partial charge is 0.345 e. The molecule has 1 N–H and O–H groups in total. The van der Waals surface area contributed by atoms with Crippen molar-refractivity contribution in [1.29, 1.82) is 0 Å². The van der Waals surface area contributed by atoms with Gasteiger partial charge in [0.05, 0.1) is 5.69 Å². The van der Waals surface area contributed by atoms with Crippen LogP contribution < -0.4 is 10.2 Å². The SMILES string of the molecule is CCc1nc(N2CC(C)N(C)C(C)C2)sc1CNC(C)C. The quantitative estimate of drug-likeness (QED) is 0.906. The van der Waals surface area contributed by atoms with Crippen molar-refractivity contribution in [1.82, 2.24) is 15.2 Å². The maximum absolute atomic E-state index is 4.91. The van der Waals surface area contributed by atoms with Gasteiger partial charge in [-0.2, -0.15) is 0 Å². The first-order valence-corrected chi connectivity index (χ1v) is 8.92. The van der Waals surface area contributed by atoms with Gasteiger partial charge in [-0.15, -0.1) is 11.3 Å². The third-order valence-corrected chi connectivity index (χ3v) is 5.56. The Morgan fingerprint density at radius 3 is 2.43 bits per heavy atom. The number of anilines is 1. The van der Waals surface area contributed by atoms with E-state index >= 15 is 0 Å². The fraction of sp³-hybridized carbons (Fsp3) is 0.812. The number of rotatable bonds is 5. The van der Waals surface area contributed by atoms with Gasteiger partial charge < -0.3 is 10.2 Å². The van der Waals surface area contributed by atoms with E-state index in [4.69, 9.17) is 4.98 Å². The summed E-state index contributed by atoms with van der Waals surface area (Å²) in [7, 11) is 2.23. The Hall–Kier alpha value is -0.650. The lowest BCUT2D eigenvalue weighted by molar-refractivity contribution is 0.170. The molecule has 0 spiro atoms. The van der Waals surface area contributed by atoms with Crippen molar-refractivity contribution in [3.8, 4) is 0 Å². The minimum atomic E-state index is 0.518. The van der Waals surface area contributed by atoms with Crippen LogP contribution in [0.15, 0.2) is 0 Å². The van der Waals surface area contributed by atoms with E-state index in [-0.39, 0.29) is 0 Å². The fourth-order valence-electron chi connectivity index (χ4n) is 2.78. The topological polar surface area (TPSA) is 31.4 Å². The smallest absolute Gasteiger partial charge is 0.185 e. The van der Waals surface area contributed by atoms with Crippen molar-refractivity contribution in [3.05, 3.63) is 10.6 Å². The van der Waals surface area contributed by atoms with Gasteiger partial charge in [-0.25, -0.2) is 4.98 Å². The van der Waals surface area contributed by atoms with Crippen molar-refractivity contribution in [2.75, 3.05) is 25.0 Å². The Labute approximate surface area is 133 Å². The minimum absolute atomic E-state index is 0.518. The molecule has 120 valence electrons. The summed E-state index contributed by atoms with van der Waals surface area (Å²) >= 11 is 1.87. The average Bonchev–Trinajstić information content (AvgIpc) is 2.85. The van der Waals surface area contributed by atoms with Gasteiger partial charge in [0.1, 0.15) is 0 Å². The Morgan fingerprint density at radius 1 is 1.29 bits per heavy atom. The number of nitrogens with one attached hydrogen (secondary N) is 1. The summed E-state index contributed by atoms with van der Waals surface area (Å²) in [6, 6.07) is 1.68. The summed E-state index contributed by atoms with van der Waals surface area (Å²) in [4.78, 5) is 11.2. The monoisotopic (exact) mass is 310 g/mol. The predicted molar refractivity (Wildman–Crippen MR) is 92.4 cm³/mol. The van der Waals surface area contributed by atoms with Crippen molar-refractivity contribution in [2.45, 2.75) is 65.7 Å². The molecule has 0 saturated carbocycles. The molecule has 2 heterocycles. The molecule has 4 nitrogen and oxygen atoms in total. The Balaban J connectivity index is 2.13. The van der Waals surface area contributed by atoms with Gasteiger partial charge in [0.25, 0.3) is 0 Å². The second-order valence-corrected chi connectivity index (χ2v) is 7.59. The highest BCUT2D eigenvalue weighted by atomic mass is 32.1. The van der Waals surface area contributed by atoms with Crippen LogP contribution in [0.3, 0.4) is 0 Å². The lowest BCUT2D eigenvalue weighted by Crippen LogP contribution is -2.55. The van der Waals surface area contributed by atoms with E-state index in [0.29, 0.717) is 18.1 Å². The van der Waals surface area contributed by atoms with Crippen LogP contribution in [0.2, 0.25) is 0 Å². The number of piperazine rings is 1. The molecule has 0 amide bonds. The van der Waals surface area contributed by atoms with Crippen LogP contribution in [0.25, 0.3) is 0 Å². The Kier molecular flexibility index (Phi) is 5.63. The summed E-state index contributed by atoms with van der Waals surface area (Å²) in [6.45, 7) is 14.3. The van der Waals surface area contributed by atoms with Crippen LogP contribution in [0.4, 0.5) is 5.13 Å². The van der Waals surface area contributed by atoms with E-state index in [2.05, 4.69) is 56.8 Å². The minimum Gasteiger partial charge on any atom is -0.345 e. The van der Waals surface area contributed by atoms with Crippen molar-refractivity contribution < 1.29 is 0 Å². The number of hydrogen-bond donors (Lipinski definition) is 1. The molecule has 1 aliphatic heterocycles. The Morgan fingerprint density at radius 2 is 1.90 bits per heavy atom. The number of thiazole rings is 1. The number of aryl methyl sites for hydroxylation is 1. The summed E-state index contributed by atoms with van der Waals surface area (Å²) in [6.07, 6.45) is 1.02. The Bertz CT molecular complexity index is 445. The van der Waals surface area contributed by atoms with Crippen LogP contribution in [-0.4, -0.2) is 48.1 Å². The molecule has 0 aromatic carbocycles. The molecule has 1 aromatic rings. The number of hydrogen-bond acceptors (Lipinski definition) is 5. The maximum atomic E-state index is 4.91.